The Labute approximate surface area is 174 Å². The molecule has 0 saturated heterocycles. The van der Waals surface area contributed by atoms with Crippen molar-refractivity contribution < 1.29 is 27.5 Å². The van der Waals surface area contributed by atoms with Crippen molar-refractivity contribution in [2.75, 3.05) is 5.32 Å². The molecule has 0 atom stereocenters. The van der Waals surface area contributed by atoms with Crippen molar-refractivity contribution in [3.63, 3.8) is 0 Å². The van der Waals surface area contributed by atoms with Crippen LogP contribution < -0.4 is 15.4 Å². The lowest BCUT2D eigenvalue weighted by Gasteiger charge is -2.12. The lowest BCUT2D eigenvalue weighted by molar-refractivity contribution is -0.137. The van der Waals surface area contributed by atoms with Gasteiger partial charge in [0.25, 0.3) is 5.91 Å². The third-order valence-electron chi connectivity index (χ3n) is 3.86. The van der Waals surface area contributed by atoms with E-state index < -0.39 is 23.7 Å². The number of halogens is 4. The zero-order chi connectivity index (χ0) is 21.7. The molecule has 0 radical (unpaired) electrons. The first kappa shape index (κ1) is 21.2. The molecule has 0 heterocycles. The van der Waals surface area contributed by atoms with Gasteiger partial charge in [-0.2, -0.15) is 13.2 Å². The van der Waals surface area contributed by atoms with E-state index in [-0.39, 0.29) is 10.8 Å². The fourth-order valence-corrected chi connectivity index (χ4v) is 2.64. The summed E-state index contributed by atoms with van der Waals surface area (Å²) in [6.07, 6.45) is -4.50. The van der Waals surface area contributed by atoms with Gasteiger partial charge < -0.3 is 10.1 Å². The van der Waals surface area contributed by atoms with Gasteiger partial charge >= 0.3 is 12.2 Å². The maximum absolute atomic E-state index is 12.7. The van der Waals surface area contributed by atoms with Crippen LogP contribution in [-0.2, 0) is 6.18 Å². The van der Waals surface area contributed by atoms with Crippen LogP contribution in [0.1, 0.15) is 15.9 Å². The molecular weight excluding hydrogens is 421 g/mol. The third kappa shape index (κ3) is 5.51. The number of hydrogen-bond acceptors (Lipinski definition) is 3. The average Bonchev–Trinajstić information content (AvgIpc) is 2.70. The summed E-state index contributed by atoms with van der Waals surface area (Å²) < 4.78 is 43.5. The summed E-state index contributed by atoms with van der Waals surface area (Å²) in [5, 5.41) is 4.50. The van der Waals surface area contributed by atoms with Gasteiger partial charge in [0.15, 0.2) is 0 Å². The fourth-order valence-electron chi connectivity index (χ4n) is 2.42. The lowest BCUT2D eigenvalue weighted by Crippen LogP contribution is -2.34. The van der Waals surface area contributed by atoms with Crippen LogP contribution in [0.15, 0.2) is 72.8 Å². The lowest BCUT2D eigenvalue weighted by atomic mass is 10.2. The molecule has 154 valence electrons. The van der Waals surface area contributed by atoms with E-state index in [9.17, 15) is 22.8 Å². The number of nitrogens with one attached hydrogen (secondary N) is 2. The van der Waals surface area contributed by atoms with Gasteiger partial charge in [0.1, 0.15) is 11.5 Å². The summed E-state index contributed by atoms with van der Waals surface area (Å²) in [4.78, 5) is 23.9. The Hall–Kier alpha value is -3.52. The van der Waals surface area contributed by atoms with Crippen LogP contribution in [0.4, 0.5) is 23.7 Å². The standard InChI is InChI=1S/C21H14ClF3N2O3/c22-17-12-14(21(23,24)25)6-11-18(17)30-16-9-7-15(8-10-16)26-20(29)27-19(28)13-4-2-1-3-5-13/h1-12H,(H2,26,27,28,29). The zero-order valence-corrected chi connectivity index (χ0v) is 15.9. The third-order valence-corrected chi connectivity index (χ3v) is 4.16. The molecule has 2 N–H and O–H groups in total. The average molecular weight is 435 g/mol. The van der Waals surface area contributed by atoms with Crippen LogP contribution in [0.5, 0.6) is 11.5 Å². The van der Waals surface area contributed by atoms with Gasteiger partial charge in [0, 0.05) is 11.3 Å². The van der Waals surface area contributed by atoms with Gasteiger partial charge in [-0.25, -0.2) is 4.79 Å². The monoisotopic (exact) mass is 434 g/mol. The van der Waals surface area contributed by atoms with Gasteiger partial charge in [-0.15, -0.1) is 0 Å². The molecule has 0 saturated carbocycles. The topological polar surface area (TPSA) is 67.4 Å². The van der Waals surface area contributed by atoms with Crippen LogP contribution in [0.2, 0.25) is 5.02 Å². The van der Waals surface area contributed by atoms with E-state index in [0.717, 1.165) is 18.2 Å². The predicted octanol–water partition coefficient (Wildman–Crippen LogP) is 6.11. The molecular formula is C21H14ClF3N2O3. The maximum Gasteiger partial charge on any atom is 0.416 e. The Morgan fingerprint density at radius 3 is 2.17 bits per heavy atom. The first-order valence-corrected chi connectivity index (χ1v) is 8.92. The minimum Gasteiger partial charge on any atom is -0.456 e. The predicted molar refractivity (Wildman–Crippen MR) is 106 cm³/mol. The highest BCUT2D eigenvalue weighted by Gasteiger charge is 2.31. The second-order valence-electron chi connectivity index (χ2n) is 6.04. The van der Waals surface area contributed by atoms with Crippen LogP contribution >= 0.6 is 11.6 Å². The van der Waals surface area contributed by atoms with Crippen molar-refractivity contribution in [2.24, 2.45) is 0 Å². The second-order valence-corrected chi connectivity index (χ2v) is 6.45. The molecule has 3 aromatic carbocycles. The number of alkyl halides is 3. The van der Waals surface area contributed by atoms with Crippen LogP contribution in [0, 0.1) is 0 Å². The number of carbonyl (C=O) groups is 2. The second kappa shape index (κ2) is 8.87. The number of rotatable bonds is 4. The smallest absolute Gasteiger partial charge is 0.416 e. The Morgan fingerprint density at radius 1 is 0.900 bits per heavy atom. The van der Waals surface area contributed by atoms with Crippen molar-refractivity contribution in [3.8, 4) is 11.5 Å². The summed E-state index contributed by atoms with van der Waals surface area (Å²) in [7, 11) is 0. The van der Waals surface area contributed by atoms with Crippen molar-refractivity contribution in [2.45, 2.75) is 6.18 Å². The quantitative estimate of drug-likeness (QED) is 0.520. The van der Waals surface area contributed by atoms with Gasteiger partial charge in [-0.05, 0) is 54.6 Å². The van der Waals surface area contributed by atoms with E-state index in [0.29, 0.717) is 17.0 Å². The number of urea groups is 1. The normalized spacial score (nSPS) is 10.9. The van der Waals surface area contributed by atoms with E-state index in [2.05, 4.69) is 10.6 Å². The summed E-state index contributed by atoms with van der Waals surface area (Å²) in [6, 6.07) is 16.3. The van der Waals surface area contributed by atoms with Crippen molar-refractivity contribution in [3.05, 3.63) is 88.9 Å². The van der Waals surface area contributed by atoms with Gasteiger partial charge in [0.05, 0.1) is 10.6 Å². The van der Waals surface area contributed by atoms with E-state index in [1.807, 2.05) is 0 Å². The zero-order valence-electron chi connectivity index (χ0n) is 15.2. The first-order chi connectivity index (χ1) is 14.2. The SMILES string of the molecule is O=C(NC(=O)c1ccccc1)Nc1ccc(Oc2ccc(C(F)(F)F)cc2Cl)cc1. The van der Waals surface area contributed by atoms with Crippen molar-refractivity contribution >= 4 is 29.2 Å². The molecule has 30 heavy (non-hydrogen) atoms. The first-order valence-electron chi connectivity index (χ1n) is 8.54. The molecule has 3 rings (SSSR count). The number of anilines is 1. The van der Waals surface area contributed by atoms with Gasteiger partial charge in [-0.1, -0.05) is 29.8 Å². The van der Waals surface area contributed by atoms with Crippen LogP contribution in [0.3, 0.4) is 0 Å². The number of carbonyl (C=O) groups excluding carboxylic acids is 2. The Morgan fingerprint density at radius 2 is 1.57 bits per heavy atom. The molecule has 0 unspecified atom stereocenters. The number of benzene rings is 3. The number of imide groups is 1. The Kier molecular flexibility index (Phi) is 6.27. The van der Waals surface area contributed by atoms with E-state index >= 15 is 0 Å². The number of hydrogen-bond donors (Lipinski definition) is 2. The molecule has 0 aliphatic rings. The fraction of sp³-hybridized carbons (Fsp3) is 0.0476. The molecule has 0 aromatic heterocycles. The Balaban J connectivity index is 1.60. The molecule has 0 fully saturated rings. The minimum atomic E-state index is -4.50. The highest BCUT2D eigenvalue weighted by atomic mass is 35.5. The van der Waals surface area contributed by atoms with E-state index in [1.165, 1.54) is 24.3 Å². The minimum absolute atomic E-state index is 0.0524. The van der Waals surface area contributed by atoms with Crippen molar-refractivity contribution in [1.29, 1.82) is 0 Å². The number of amides is 3. The molecule has 0 aliphatic heterocycles. The van der Waals surface area contributed by atoms with Crippen LogP contribution in [0.25, 0.3) is 0 Å². The molecule has 0 bridgehead atoms. The number of ether oxygens (including phenoxy) is 1. The maximum atomic E-state index is 12.7. The molecule has 5 nitrogen and oxygen atoms in total. The summed E-state index contributed by atoms with van der Waals surface area (Å²) in [6.45, 7) is 0. The molecule has 0 spiro atoms. The van der Waals surface area contributed by atoms with E-state index in [4.69, 9.17) is 16.3 Å². The highest BCUT2D eigenvalue weighted by Crippen LogP contribution is 2.36. The van der Waals surface area contributed by atoms with Crippen molar-refractivity contribution in [1.82, 2.24) is 5.32 Å². The summed E-state index contributed by atoms with van der Waals surface area (Å²) in [5.74, 6) is -0.204. The molecule has 3 amide bonds. The summed E-state index contributed by atoms with van der Waals surface area (Å²) >= 11 is 5.86. The Bertz CT molecular complexity index is 1060. The van der Waals surface area contributed by atoms with Gasteiger partial charge in [-0.3, -0.25) is 10.1 Å². The van der Waals surface area contributed by atoms with E-state index in [1.54, 1.807) is 30.3 Å². The highest BCUT2D eigenvalue weighted by molar-refractivity contribution is 6.32. The molecule has 0 aliphatic carbocycles. The van der Waals surface area contributed by atoms with Crippen LogP contribution in [-0.4, -0.2) is 11.9 Å². The molecule has 9 heteroatoms. The molecule has 3 aromatic rings. The van der Waals surface area contributed by atoms with Gasteiger partial charge in [0.2, 0.25) is 0 Å². The largest absolute Gasteiger partial charge is 0.456 e. The summed E-state index contributed by atoms with van der Waals surface area (Å²) in [5.41, 5.74) is -0.167.